The fraction of sp³-hybridized carbons (Fsp3) is 0.480. The number of hydrogen-bond acceptors (Lipinski definition) is 5. The van der Waals surface area contributed by atoms with Crippen LogP contribution in [0.5, 0.6) is 0 Å². The maximum absolute atomic E-state index is 13.1. The lowest BCUT2D eigenvalue weighted by Crippen LogP contribution is -2.49. The van der Waals surface area contributed by atoms with E-state index < -0.39 is 11.0 Å². The van der Waals surface area contributed by atoms with Crippen molar-refractivity contribution in [3.05, 3.63) is 59.5 Å². The van der Waals surface area contributed by atoms with Crippen molar-refractivity contribution >= 4 is 17.3 Å². The number of hydrogen-bond donors (Lipinski definition) is 3. The first-order chi connectivity index (χ1) is 14.9. The second-order valence-electron chi connectivity index (χ2n) is 9.63. The summed E-state index contributed by atoms with van der Waals surface area (Å²) in [7, 11) is 0. The van der Waals surface area contributed by atoms with Gasteiger partial charge < -0.3 is 15.6 Å². The van der Waals surface area contributed by atoms with Crippen LogP contribution in [0.3, 0.4) is 0 Å². The third-order valence-corrected chi connectivity index (χ3v) is 7.99. The van der Waals surface area contributed by atoms with E-state index in [0.29, 0.717) is 24.4 Å². The number of rotatable bonds is 2. The summed E-state index contributed by atoms with van der Waals surface area (Å²) in [6, 6.07) is 3.63. The number of aliphatic hydroxyl groups is 1. The molecule has 0 aromatic carbocycles. The number of carbonyl (C=O) groups excluding carboxylic acids is 1. The highest BCUT2D eigenvalue weighted by atomic mass is 16.4. The Kier molecular flexibility index (Phi) is 4.85. The summed E-state index contributed by atoms with van der Waals surface area (Å²) < 4.78 is 0. The van der Waals surface area contributed by atoms with Crippen LogP contribution in [0.1, 0.15) is 51.9 Å². The van der Waals surface area contributed by atoms with Crippen LogP contribution in [-0.4, -0.2) is 32.5 Å². The first kappa shape index (κ1) is 20.2. The molecule has 1 saturated carbocycles. The molecule has 6 heteroatoms. The molecule has 1 heterocycles. The van der Waals surface area contributed by atoms with Crippen LogP contribution in [-0.2, 0) is 4.79 Å². The first-order valence-corrected chi connectivity index (χ1v) is 11.2. The van der Waals surface area contributed by atoms with E-state index in [-0.39, 0.29) is 11.8 Å². The second kappa shape index (κ2) is 7.45. The molecule has 3 N–H and O–H groups in total. The van der Waals surface area contributed by atoms with Crippen LogP contribution in [0, 0.1) is 17.3 Å². The summed E-state index contributed by atoms with van der Waals surface area (Å²) in [5.74, 6) is 0.185. The fourth-order valence-corrected chi connectivity index (χ4v) is 6.25. The van der Waals surface area contributed by atoms with Gasteiger partial charge in [0.2, 0.25) is 0 Å². The smallest absolute Gasteiger partial charge is 0.251 e. The molecule has 5 rings (SSSR count). The van der Waals surface area contributed by atoms with Gasteiger partial charge in [-0.1, -0.05) is 35.9 Å². The third kappa shape index (κ3) is 3.24. The summed E-state index contributed by atoms with van der Waals surface area (Å²) >= 11 is 0. The van der Waals surface area contributed by atoms with Gasteiger partial charge in [0.1, 0.15) is 0 Å². The van der Waals surface area contributed by atoms with Gasteiger partial charge in [-0.15, -0.1) is 0 Å². The van der Waals surface area contributed by atoms with Crippen molar-refractivity contribution in [2.45, 2.75) is 57.5 Å². The molecule has 162 valence electrons. The van der Waals surface area contributed by atoms with Crippen molar-refractivity contribution in [2.24, 2.45) is 22.4 Å². The summed E-state index contributed by atoms with van der Waals surface area (Å²) in [4.78, 5) is 17.2. The minimum Gasteiger partial charge on any atom is -0.411 e. The van der Waals surface area contributed by atoms with Gasteiger partial charge in [0.25, 0.3) is 5.91 Å². The zero-order valence-electron chi connectivity index (χ0n) is 17.8. The molecule has 3 unspecified atom stereocenters. The number of pyridine rings is 1. The van der Waals surface area contributed by atoms with Gasteiger partial charge >= 0.3 is 0 Å². The summed E-state index contributed by atoms with van der Waals surface area (Å²) in [6.45, 7) is 2.12. The van der Waals surface area contributed by atoms with Gasteiger partial charge in [-0.25, -0.2) is 0 Å². The number of anilines is 1. The molecule has 0 spiro atoms. The SMILES string of the molecule is CC12CC=C3C=C4CC/C(=N\O)CC4CC[C@]3(O)C1CC=C2C(=O)Nc1cccnc1. The van der Waals surface area contributed by atoms with E-state index in [4.69, 9.17) is 0 Å². The van der Waals surface area contributed by atoms with Crippen molar-refractivity contribution in [1.29, 1.82) is 0 Å². The van der Waals surface area contributed by atoms with E-state index >= 15 is 0 Å². The highest BCUT2D eigenvalue weighted by Gasteiger charge is 2.56. The Bertz CT molecular complexity index is 1030. The van der Waals surface area contributed by atoms with Crippen molar-refractivity contribution in [3.8, 4) is 0 Å². The summed E-state index contributed by atoms with van der Waals surface area (Å²) in [6.07, 6.45) is 15.1. The quantitative estimate of drug-likeness (QED) is 0.490. The number of allylic oxidation sites excluding steroid dienone is 3. The minimum absolute atomic E-state index is 0.0300. The molecule has 4 aliphatic rings. The van der Waals surface area contributed by atoms with Crippen molar-refractivity contribution in [3.63, 3.8) is 0 Å². The van der Waals surface area contributed by atoms with Crippen molar-refractivity contribution in [1.82, 2.24) is 4.98 Å². The number of fused-ring (bicyclic) bond motifs is 4. The molecule has 1 aromatic rings. The third-order valence-electron chi connectivity index (χ3n) is 7.99. The van der Waals surface area contributed by atoms with Crippen LogP contribution < -0.4 is 5.32 Å². The van der Waals surface area contributed by atoms with Gasteiger partial charge in [-0.3, -0.25) is 9.78 Å². The zero-order valence-corrected chi connectivity index (χ0v) is 17.8. The minimum atomic E-state index is -0.944. The predicted octanol–water partition coefficient (Wildman–Crippen LogP) is 4.38. The molecular formula is C25H29N3O3. The Morgan fingerprint density at radius 2 is 2.19 bits per heavy atom. The van der Waals surface area contributed by atoms with Gasteiger partial charge in [0.15, 0.2) is 0 Å². The summed E-state index contributed by atoms with van der Waals surface area (Å²) in [5, 5.41) is 27.6. The van der Waals surface area contributed by atoms with Crippen molar-refractivity contribution in [2.75, 3.05) is 5.32 Å². The Labute approximate surface area is 182 Å². The lowest BCUT2D eigenvalue weighted by atomic mass is 9.59. The number of oxime groups is 1. The number of aromatic nitrogens is 1. The van der Waals surface area contributed by atoms with Crippen LogP contribution in [0.15, 0.2) is 64.6 Å². The van der Waals surface area contributed by atoms with Crippen molar-refractivity contribution < 1.29 is 15.1 Å². The van der Waals surface area contributed by atoms with Gasteiger partial charge in [0.05, 0.1) is 23.2 Å². The van der Waals surface area contributed by atoms with Gasteiger partial charge in [-0.05, 0) is 68.6 Å². The van der Waals surface area contributed by atoms with E-state index in [1.807, 2.05) is 12.1 Å². The van der Waals surface area contributed by atoms with E-state index in [9.17, 15) is 15.1 Å². The van der Waals surface area contributed by atoms with Gasteiger partial charge in [-0.2, -0.15) is 0 Å². The molecule has 0 radical (unpaired) electrons. The predicted molar refractivity (Wildman–Crippen MR) is 119 cm³/mol. The van der Waals surface area contributed by atoms with E-state index in [1.54, 1.807) is 18.5 Å². The average molecular weight is 420 g/mol. The lowest BCUT2D eigenvalue weighted by Gasteiger charge is -2.48. The fourth-order valence-electron chi connectivity index (χ4n) is 6.25. The molecular weight excluding hydrogens is 390 g/mol. The monoisotopic (exact) mass is 419 g/mol. The molecule has 0 bridgehead atoms. The molecule has 4 atom stereocenters. The van der Waals surface area contributed by atoms with E-state index in [1.165, 1.54) is 5.57 Å². The molecule has 0 saturated heterocycles. The van der Waals surface area contributed by atoms with E-state index in [2.05, 4.69) is 34.5 Å². The van der Waals surface area contributed by atoms with Crippen LogP contribution in [0.25, 0.3) is 0 Å². The Hall–Kier alpha value is -2.73. The topological polar surface area (TPSA) is 94.8 Å². The number of amides is 1. The molecule has 1 fully saturated rings. The number of nitrogens with zero attached hydrogens (tertiary/aromatic N) is 2. The largest absolute Gasteiger partial charge is 0.411 e. The lowest BCUT2D eigenvalue weighted by molar-refractivity contribution is -0.114. The second-order valence-corrected chi connectivity index (χ2v) is 9.63. The van der Waals surface area contributed by atoms with Crippen LogP contribution in [0.4, 0.5) is 5.69 Å². The molecule has 4 aliphatic carbocycles. The average Bonchev–Trinajstić information content (AvgIpc) is 3.06. The Morgan fingerprint density at radius 3 is 2.97 bits per heavy atom. The van der Waals surface area contributed by atoms with E-state index in [0.717, 1.165) is 49.0 Å². The molecule has 6 nitrogen and oxygen atoms in total. The zero-order chi connectivity index (χ0) is 21.6. The number of carbonyl (C=O) groups is 1. The summed E-state index contributed by atoms with van der Waals surface area (Å²) in [5.41, 5.74) is 3.31. The molecule has 0 aliphatic heterocycles. The molecule has 1 aromatic heterocycles. The normalized spacial score (nSPS) is 35.7. The Morgan fingerprint density at radius 1 is 1.32 bits per heavy atom. The molecule has 1 amide bonds. The van der Waals surface area contributed by atoms with Crippen LogP contribution in [0.2, 0.25) is 0 Å². The standard InChI is InChI=1S/C25H29N3O3/c1-24-10-9-18-13-16-4-5-19(28-31)14-17(16)8-11-25(18,30)22(24)7-6-21(24)23(29)27-20-3-2-12-26-15-20/h2-3,6,9,12-13,15,17,22,30-31H,4-5,7-8,10-11,14H2,1H3,(H,27,29)/b28-19+/t17?,22?,24?,25-/m1/s1. The first-order valence-electron chi connectivity index (χ1n) is 11.2. The van der Waals surface area contributed by atoms with Crippen LogP contribution >= 0.6 is 0 Å². The molecule has 31 heavy (non-hydrogen) atoms. The highest BCUT2D eigenvalue weighted by molar-refractivity contribution is 6.05. The maximum Gasteiger partial charge on any atom is 0.251 e. The number of nitrogens with one attached hydrogen (secondary N) is 1. The van der Waals surface area contributed by atoms with Gasteiger partial charge in [0, 0.05) is 23.1 Å². The maximum atomic E-state index is 13.1. The Balaban J connectivity index is 1.42. The highest BCUT2D eigenvalue weighted by Crippen LogP contribution is 2.59.